The van der Waals surface area contributed by atoms with Crippen LogP contribution in [0.4, 0.5) is 8.78 Å². The number of hydrogen-bond acceptors (Lipinski definition) is 4. The van der Waals surface area contributed by atoms with Crippen LogP contribution in [0.5, 0.6) is 11.5 Å². The fourth-order valence-electron chi connectivity index (χ4n) is 4.50. The number of hydrogen-bond donors (Lipinski definition) is 0. The van der Waals surface area contributed by atoms with E-state index >= 15 is 0 Å². The number of ketones is 1. The quantitative estimate of drug-likeness (QED) is 0.450. The van der Waals surface area contributed by atoms with Gasteiger partial charge in [0, 0.05) is 17.1 Å². The third kappa shape index (κ3) is 4.73. The van der Waals surface area contributed by atoms with E-state index in [1.807, 2.05) is 56.3 Å². The Kier molecular flexibility index (Phi) is 6.55. The minimum Gasteiger partial charge on any atom is -0.412 e. The molecule has 1 aliphatic heterocycles. The molecule has 0 amide bonds. The summed E-state index contributed by atoms with van der Waals surface area (Å²) in [6.45, 7) is 3.91. The summed E-state index contributed by atoms with van der Waals surface area (Å²) in [5.74, 6) is 0.575. The lowest BCUT2D eigenvalue weighted by atomic mass is 9.87. The highest BCUT2D eigenvalue weighted by atomic mass is 32.2. The Bertz CT molecular complexity index is 1300. The Morgan fingerprint density at radius 1 is 0.971 bits per heavy atom. The van der Waals surface area contributed by atoms with Crippen molar-refractivity contribution >= 4 is 16.6 Å². The molecule has 0 spiro atoms. The number of halogens is 2. The van der Waals surface area contributed by atoms with Crippen molar-refractivity contribution in [3.63, 3.8) is 0 Å². The van der Waals surface area contributed by atoms with Crippen LogP contribution in [-0.2, 0) is 27.4 Å². The third-order valence-electron chi connectivity index (χ3n) is 6.59. The first-order chi connectivity index (χ1) is 16.2. The zero-order chi connectivity index (χ0) is 24.1. The summed E-state index contributed by atoms with van der Waals surface area (Å²) in [5.41, 5.74) is 4.01. The van der Waals surface area contributed by atoms with Crippen molar-refractivity contribution in [1.82, 2.24) is 0 Å². The molecule has 2 N–H and O–H groups in total. The molecule has 0 saturated heterocycles. The zero-order valence-corrected chi connectivity index (χ0v) is 20.2. The maximum atomic E-state index is 13.4. The van der Waals surface area contributed by atoms with E-state index in [4.69, 9.17) is 0 Å². The van der Waals surface area contributed by atoms with Gasteiger partial charge in [-0.1, -0.05) is 43.3 Å². The summed E-state index contributed by atoms with van der Waals surface area (Å²) in [7, 11) is -1.00. The number of Topliss-reactive ketones (excluding diaryl/α,β-unsaturated/α-hetero) is 1. The first kappa shape index (κ1) is 25.0. The van der Waals surface area contributed by atoms with Gasteiger partial charge in [0.1, 0.15) is 5.78 Å². The minimum atomic E-state index is -3.68. The van der Waals surface area contributed by atoms with Crippen LogP contribution in [-0.4, -0.2) is 27.5 Å². The van der Waals surface area contributed by atoms with Gasteiger partial charge in [-0.05, 0) is 71.8 Å². The van der Waals surface area contributed by atoms with Crippen LogP contribution in [0.25, 0.3) is 11.1 Å². The van der Waals surface area contributed by atoms with Crippen LogP contribution in [0.1, 0.15) is 36.5 Å². The molecule has 1 aliphatic carbocycles. The molecule has 35 heavy (non-hydrogen) atoms. The topological polar surface area (TPSA) is 84.1 Å². The lowest BCUT2D eigenvalue weighted by Crippen LogP contribution is -2.26. The lowest BCUT2D eigenvalue weighted by Gasteiger charge is -2.16. The smallest absolute Gasteiger partial charge is 0.412 e. The van der Waals surface area contributed by atoms with Crippen molar-refractivity contribution < 1.29 is 32.7 Å². The molecule has 0 aromatic heterocycles. The molecule has 184 valence electrons. The number of rotatable bonds is 7. The number of ether oxygens (including phenoxy) is 2. The largest absolute Gasteiger partial charge is 0.586 e. The summed E-state index contributed by atoms with van der Waals surface area (Å²) in [6.07, 6.45) is -2.08. The zero-order valence-electron chi connectivity index (χ0n) is 19.4. The molecule has 3 aromatic carbocycles. The van der Waals surface area contributed by atoms with Crippen molar-refractivity contribution in [2.75, 3.05) is 5.75 Å². The first-order valence-electron chi connectivity index (χ1n) is 11.2. The maximum Gasteiger partial charge on any atom is 0.586 e. The van der Waals surface area contributed by atoms with Crippen LogP contribution < -0.4 is 9.47 Å². The lowest BCUT2D eigenvalue weighted by molar-refractivity contribution is -0.286. The van der Waals surface area contributed by atoms with Gasteiger partial charge in [0.15, 0.2) is 11.5 Å². The highest BCUT2D eigenvalue weighted by Crippen LogP contribution is 2.52. The molecular weight excluding hydrogens is 474 g/mol. The predicted octanol–water partition coefficient (Wildman–Crippen LogP) is 5.13. The number of carbonyl (C=O) groups excluding carboxylic acids is 1. The van der Waals surface area contributed by atoms with E-state index < -0.39 is 22.5 Å². The number of alkyl halides is 2. The van der Waals surface area contributed by atoms with E-state index in [9.17, 15) is 17.8 Å². The van der Waals surface area contributed by atoms with Gasteiger partial charge in [-0.2, -0.15) is 0 Å². The Labute approximate surface area is 204 Å². The SMILES string of the molecule is CCS(=O)c1ccc(-c2cc(CC(=O)C3(c4ccc5c(c4)OC(F)(F)O5)CC3)ccc2C)cc1.O. The summed E-state index contributed by atoms with van der Waals surface area (Å²) >= 11 is 0. The van der Waals surface area contributed by atoms with Crippen molar-refractivity contribution in [2.24, 2.45) is 0 Å². The molecule has 8 heteroatoms. The summed E-state index contributed by atoms with van der Waals surface area (Å²) in [4.78, 5) is 14.2. The van der Waals surface area contributed by atoms with E-state index in [2.05, 4.69) is 9.47 Å². The number of fused-ring (bicyclic) bond motifs is 1. The molecule has 1 heterocycles. The molecule has 5 rings (SSSR count). The van der Waals surface area contributed by atoms with Gasteiger partial charge in [0.05, 0.1) is 16.2 Å². The van der Waals surface area contributed by atoms with E-state index in [0.29, 0.717) is 24.2 Å². The fourth-order valence-corrected chi connectivity index (χ4v) is 5.27. The molecule has 3 aromatic rings. The average Bonchev–Trinajstić information content (AvgIpc) is 3.57. The highest BCUT2D eigenvalue weighted by Gasteiger charge is 2.52. The molecule has 1 atom stereocenters. The van der Waals surface area contributed by atoms with Crippen LogP contribution in [0.2, 0.25) is 0 Å². The molecule has 2 aliphatic rings. The van der Waals surface area contributed by atoms with Gasteiger partial charge in [-0.3, -0.25) is 9.00 Å². The first-order valence-corrected chi connectivity index (χ1v) is 12.5. The second kappa shape index (κ2) is 9.17. The third-order valence-corrected chi connectivity index (χ3v) is 7.92. The average molecular weight is 501 g/mol. The normalized spacial score (nSPS) is 17.4. The van der Waals surface area contributed by atoms with Crippen LogP contribution >= 0.6 is 0 Å². The Hall–Kier alpha value is -3.10. The van der Waals surface area contributed by atoms with E-state index in [1.54, 1.807) is 6.07 Å². The van der Waals surface area contributed by atoms with Gasteiger partial charge >= 0.3 is 6.29 Å². The summed E-state index contributed by atoms with van der Waals surface area (Å²) in [6, 6.07) is 18.3. The Morgan fingerprint density at radius 2 is 1.66 bits per heavy atom. The maximum absolute atomic E-state index is 13.4. The molecule has 1 saturated carbocycles. The molecule has 0 radical (unpaired) electrons. The number of carbonyl (C=O) groups is 1. The van der Waals surface area contributed by atoms with Crippen LogP contribution in [0.15, 0.2) is 65.6 Å². The fraction of sp³-hybridized carbons (Fsp3) is 0.296. The summed E-state index contributed by atoms with van der Waals surface area (Å²) < 4.78 is 47.9. The van der Waals surface area contributed by atoms with E-state index in [1.165, 1.54) is 12.1 Å². The van der Waals surface area contributed by atoms with Gasteiger partial charge in [-0.15, -0.1) is 8.78 Å². The van der Waals surface area contributed by atoms with Crippen molar-refractivity contribution in [2.45, 2.75) is 49.7 Å². The standard InChI is InChI=1S/C27H24F2O4S.H2O/c1-3-34(31)21-9-6-19(7-10-21)22-14-18(5-4-17(22)2)15-25(30)26(12-13-26)20-8-11-23-24(16-20)33-27(28,29)32-23;/h4-11,14,16H,3,12-13,15H2,1-2H3;1H2. The second-order valence-electron chi connectivity index (χ2n) is 8.82. The van der Waals surface area contributed by atoms with Crippen molar-refractivity contribution in [3.8, 4) is 22.6 Å². The molecule has 5 nitrogen and oxygen atoms in total. The molecule has 0 bridgehead atoms. The van der Waals surface area contributed by atoms with Crippen molar-refractivity contribution in [1.29, 1.82) is 0 Å². The van der Waals surface area contributed by atoms with Crippen molar-refractivity contribution in [3.05, 3.63) is 77.4 Å². The number of aryl methyl sites for hydroxylation is 1. The molecule has 1 fully saturated rings. The minimum absolute atomic E-state index is 0. The van der Waals surface area contributed by atoms with Gasteiger partial charge in [0.2, 0.25) is 0 Å². The monoisotopic (exact) mass is 500 g/mol. The van der Waals surface area contributed by atoms with Gasteiger partial charge in [-0.25, -0.2) is 0 Å². The highest BCUT2D eigenvalue weighted by molar-refractivity contribution is 7.85. The second-order valence-corrected chi connectivity index (χ2v) is 10.6. The Balaban J connectivity index is 0.00000289. The predicted molar refractivity (Wildman–Crippen MR) is 129 cm³/mol. The van der Waals surface area contributed by atoms with Crippen LogP contribution in [0.3, 0.4) is 0 Å². The van der Waals surface area contributed by atoms with Crippen LogP contribution in [0, 0.1) is 6.92 Å². The summed E-state index contributed by atoms with van der Waals surface area (Å²) in [5, 5.41) is 0. The van der Waals surface area contributed by atoms with E-state index in [0.717, 1.165) is 27.1 Å². The number of benzene rings is 3. The molecular formula is C27H26F2O5S. The van der Waals surface area contributed by atoms with Gasteiger partial charge < -0.3 is 14.9 Å². The molecule has 1 unspecified atom stereocenters. The Morgan fingerprint density at radius 3 is 2.31 bits per heavy atom. The van der Waals surface area contributed by atoms with Gasteiger partial charge in [0.25, 0.3) is 0 Å². The van der Waals surface area contributed by atoms with E-state index in [-0.39, 0.29) is 29.2 Å².